The highest BCUT2D eigenvalue weighted by Gasteiger charge is 2.44. The number of aromatic nitrogens is 2. The third-order valence-electron chi connectivity index (χ3n) is 5.95. The standard InChI is InChI=1S/C18H24F3N5O/c1-24(15-6-7-25(17(15)27)11-18(19,20)21)13-9-26(10-13)16-8-12-4-2-3-5-14(12)22-23-16/h8,13,15H,2-7,9-11H2,1H3. The Labute approximate surface area is 156 Å². The van der Waals surface area contributed by atoms with Crippen LogP contribution in [0, 0.1) is 0 Å². The molecule has 2 fully saturated rings. The van der Waals surface area contributed by atoms with Gasteiger partial charge in [-0.05, 0) is 50.8 Å². The third kappa shape index (κ3) is 3.74. The SMILES string of the molecule is CN(C1CN(c2cc3c(nn2)CCCC3)C1)C1CCN(CC(F)(F)F)C1=O. The van der Waals surface area contributed by atoms with Gasteiger partial charge in [-0.1, -0.05) is 0 Å². The zero-order chi connectivity index (χ0) is 19.2. The van der Waals surface area contributed by atoms with Crippen LogP contribution >= 0.6 is 0 Å². The van der Waals surface area contributed by atoms with E-state index in [1.165, 1.54) is 18.4 Å². The lowest BCUT2D eigenvalue weighted by molar-refractivity contribution is -0.159. The fraction of sp³-hybridized carbons (Fsp3) is 0.722. The Hall–Kier alpha value is -1.90. The Morgan fingerprint density at radius 1 is 1.22 bits per heavy atom. The first kappa shape index (κ1) is 18.5. The largest absolute Gasteiger partial charge is 0.406 e. The number of fused-ring (bicyclic) bond motifs is 1. The van der Waals surface area contributed by atoms with E-state index in [-0.39, 0.29) is 12.6 Å². The van der Waals surface area contributed by atoms with E-state index in [1.54, 1.807) is 0 Å². The number of amides is 1. The van der Waals surface area contributed by atoms with Crippen LogP contribution in [-0.2, 0) is 17.6 Å². The molecule has 0 saturated carbocycles. The van der Waals surface area contributed by atoms with Crippen molar-refractivity contribution in [2.75, 3.05) is 38.1 Å². The van der Waals surface area contributed by atoms with E-state index in [0.717, 1.165) is 29.3 Å². The Bertz CT molecular complexity index is 719. The second-order valence-electron chi connectivity index (χ2n) is 7.79. The van der Waals surface area contributed by atoms with Crippen molar-refractivity contribution in [1.82, 2.24) is 20.0 Å². The molecule has 6 nitrogen and oxygen atoms in total. The number of hydrogen-bond acceptors (Lipinski definition) is 5. The van der Waals surface area contributed by atoms with Crippen LogP contribution in [-0.4, -0.2) is 77.4 Å². The van der Waals surface area contributed by atoms with Gasteiger partial charge in [-0.15, -0.1) is 5.10 Å². The van der Waals surface area contributed by atoms with Gasteiger partial charge in [-0.3, -0.25) is 9.69 Å². The van der Waals surface area contributed by atoms with Crippen molar-refractivity contribution in [2.24, 2.45) is 0 Å². The molecule has 0 N–H and O–H groups in total. The van der Waals surface area contributed by atoms with Crippen molar-refractivity contribution in [1.29, 1.82) is 0 Å². The molecule has 4 rings (SSSR count). The van der Waals surface area contributed by atoms with Gasteiger partial charge in [0.1, 0.15) is 6.54 Å². The van der Waals surface area contributed by atoms with E-state index in [0.29, 0.717) is 19.5 Å². The van der Waals surface area contributed by atoms with Crippen LogP contribution in [0.15, 0.2) is 6.07 Å². The maximum Gasteiger partial charge on any atom is 0.406 e. The van der Waals surface area contributed by atoms with Gasteiger partial charge in [0.05, 0.1) is 11.7 Å². The molecule has 0 radical (unpaired) electrons. The minimum Gasteiger partial charge on any atom is -0.352 e. The summed E-state index contributed by atoms with van der Waals surface area (Å²) in [7, 11) is 1.83. The molecule has 1 aromatic heterocycles. The summed E-state index contributed by atoms with van der Waals surface area (Å²) in [4.78, 5) is 17.3. The molecule has 2 saturated heterocycles. The monoisotopic (exact) mass is 383 g/mol. The van der Waals surface area contributed by atoms with E-state index in [1.807, 2.05) is 11.9 Å². The molecule has 2 aliphatic heterocycles. The van der Waals surface area contributed by atoms with E-state index in [2.05, 4.69) is 21.2 Å². The van der Waals surface area contributed by atoms with Gasteiger partial charge < -0.3 is 9.80 Å². The molecule has 1 unspecified atom stereocenters. The highest BCUT2D eigenvalue weighted by molar-refractivity contribution is 5.84. The number of likely N-dealkylation sites (tertiary alicyclic amines) is 1. The van der Waals surface area contributed by atoms with E-state index < -0.39 is 24.7 Å². The van der Waals surface area contributed by atoms with Gasteiger partial charge in [0.15, 0.2) is 5.82 Å². The van der Waals surface area contributed by atoms with Crippen LogP contribution in [0.25, 0.3) is 0 Å². The molecule has 1 aromatic rings. The summed E-state index contributed by atoms with van der Waals surface area (Å²) in [5.41, 5.74) is 2.37. The summed E-state index contributed by atoms with van der Waals surface area (Å²) in [5, 5.41) is 8.68. The molecule has 0 spiro atoms. The minimum atomic E-state index is -4.35. The van der Waals surface area contributed by atoms with Gasteiger partial charge in [0, 0.05) is 25.7 Å². The quantitative estimate of drug-likeness (QED) is 0.791. The summed E-state index contributed by atoms with van der Waals surface area (Å²) in [6.45, 7) is 0.442. The van der Waals surface area contributed by atoms with Crippen LogP contribution in [0.3, 0.4) is 0 Å². The third-order valence-corrected chi connectivity index (χ3v) is 5.95. The van der Waals surface area contributed by atoms with Crippen molar-refractivity contribution in [3.05, 3.63) is 17.3 Å². The summed E-state index contributed by atoms with van der Waals surface area (Å²) in [6, 6.07) is 1.79. The highest BCUT2D eigenvalue weighted by atomic mass is 19.4. The normalized spacial score (nSPS) is 23.7. The molecular weight excluding hydrogens is 359 g/mol. The van der Waals surface area contributed by atoms with Crippen molar-refractivity contribution in [2.45, 2.75) is 50.4 Å². The molecular formula is C18H24F3N5O. The number of nitrogens with zero attached hydrogens (tertiary/aromatic N) is 5. The number of halogens is 3. The van der Waals surface area contributed by atoms with Gasteiger partial charge in [0.25, 0.3) is 0 Å². The van der Waals surface area contributed by atoms with Crippen molar-refractivity contribution >= 4 is 11.7 Å². The first-order valence-corrected chi connectivity index (χ1v) is 9.50. The summed E-state index contributed by atoms with van der Waals surface area (Å²) < 4.78 is 37.7. The zero-order valence-electron chi connectivity index (χ0n) is 15.4. The molecule has 0 aromatic carbocycles. The van der Waals surface area contributed by atoms with Gasteiger partial charge in [0.2, 0.25) is 5.91 Å². The number of hydrogen-bond donors (Lipinski definition) is 0. The van der Waals surface area contributed by atoms with Crippen molar-refractivity contribution < 1.29 is 18.0 Å². The fourth-order valence-corrected chi connectivity index (χ4v) is 4.26. The first-order chi connectivity index (χ1) is 12.8. The fourth-order valence-electron chi connectivity index (χ4n) is 4.26. The topological polar surface area (TPSA) is 52.6 Å². The maximum absolute atomic E-state index is 12.6. The van der Waals surface area contributed by atoms with Gasteiger partial charge >= 0.3 is 6.18 Å². The molecule has 148 valence electrons. The van der Waals surface area contributed by atoms with E-state index in [4.69, 9.17) is 0 Å². The lowest BCUT2D eigenvalue weighted by Gasteiger charge is -2.46. The number of likely N-dealkylation sites (N-methyl/N-ethyl adjacent to an activating group) is 1. The van der Waals surface area contributed by atoms with E-state index >= 15 is 0 Å². The lowest BCUT2D eigenvalue weighted by atomic mass is 9.96. The molecule has 27 heavy (non-hydrogen) atoms. The predicted octanol–water partition coefficient (Wildman–Crippen LogP) is 1.64. The van der Waals surface area contributed by atoms with Crippen LogP contribution < -0.4 is 4.90 Å². The minimum absolute atomic E-state index is 0.141. The average Bonchev–Trinajstić information content (AvgIpc) is 2.92. The van der Waals surface area contributed by atoms with Crippen LogP contribution in [0.5, 0.6) is 0 Å². The second kappa shape index (κ2) is 6.92. The van der Waals surface area contributed by atoms with Crippen molar-refractivity contribution in [3.63, 3.8) is 0 Å². The zero-order valence-corrected chi connectivity index (χ0v) is 15.4. The average molecular weight is 383 g/mol. The Morgan fingerprint density at radius 3 is 2.70 bits per heavy atom. The number of anilines is 1. The number of aryl methyl sites for hydroxylation is 2. The number of carbonyl (C=O) groups is 1. The van der Waals surface area contributed by atoms with E-state index in [9.17, 15) is 18.0 Å². The van der Waals surface area contributed by atoms with Gasteiger partial charge in [-0.2, -0.15) is 18.3 Å². The summed E-state index contributed by atoms with van der Waals surface area (Å²) in [5.74, 6) is 0.443. The second-order valence-corrected chi connectivity index (χ2v) is 7.79. The molecule has 1 atom stereocenters. The molecule has 0 bridgehead atoms. The molecule has 1 aliphatic carbocycles. The number of alkyl halides is 3. The van der Waals surface area contributed by atoms with Crippen LogP contribution in [0.4, 0.5) is 19.0 Å². The van der Waals surface area contributed by atoms with Crippen molar-refractivity contribution in [3.8, 4) is 0 Å². The Kier molecular flexibility index (Phi) is 4.73. The Balaban J connectivity index is 1.34. The number of rotatable bonds is 4. The predicted molar refractivity (Wildman–Crippen MR) is 93.5 cm³/mol. The smallest absolute Gasteiger partial charge is 0.352 e. The summed E-state index contributed by atoms with van der Waals surface area (Å²) >= 11 is 0. The lowest BCUT2D eigenvalue weighted by Crippen LogP contribution is -2.62. The molecule has 3 aliphatic rings. The maximum atomic E-state index is 12.6. The van der Waals surface area contributed by atoms with Crippen LogP contribution in [0.2, 0.25) is 0 Å². The Morgan fingerprint density at radius 2 is 1.96 bits per heavy atom. The first-order valence-electron chi connectivity index (χ1n) is 9.50. The summed E-state index contributed by atoms with van der Waals surface area (Å²) in [6.07, 6.45) is 0.481. The molecule has 1 amide bonds. The van der Waals surface area contributed by atoms with Crippen LogP contribution in [0.1, 0.15) is 30.5 Å². The highest BCUT2D eigenvalue weighted by Crippen LogP contribution is 2.29. The van der Waals surface area contributed by atoms with Gasteiger partial charge in [-0.25, -0.2) is 0 Å². The molecule has 9 heteroatoms. The molecule has 3 heterocycles. The number of carbonyl (C=O) groups excluding carboxylic acids is 1.